The number of likely N-dealkylation sites (tertiary alicyclic amines) is 1. The van der Waals surface area contributed by atoms with Gasteiger partial charge in [0, 0.05) is 17.8 Å². The molecule has 2 amide bonds. The van der Waals surface area contributed by atoms with Crippen LogP contribution < -0.4 is 0 Å². The van der Waals surface area contributed by atoms with E-state index in [1.165, 1.54) is 6.42 Å². The quantitative estimate of drug-likeness (QED) is 0.361. The van der Waals surface area contributed by atoms with Gasteiger partial charge in [0.15, 0.2) is 0 Å². The summed E-state index contributed by atoms with van der Waals surface area (Å²) < 4.78 is 4.77. The predicted octanol–water partition coefficient (Wildman–Crippen LogP) is 3.40. The van der Waals surface area contributed by atoms with E-state index in [2.05, 4.69) is 20.4 Å². The summed E-state index contributed by atoms with van der Waals surface area (Å²) in [6.45, 7) is 10.4. The molecule has 4 rings (SSSR count). The van der Waals surface area contributed by atoms with E-state index in [0.29, 0.717) is 13.0 Å². The smallest absolute Gasteiger partial charge is 0.310 e. The number of amides is 2. The van der Waals surface area contributed by atoms with Crippen LogP contribution in [0.4, 0.5) is 0 Å². The third-order valence-corrected chi connectivity index (χ3v) is 10.5. The Balaban J connectivity index is 1.76. The van der Waals surface area contributed by atoms with Crippen molar-refractivity contribution in [3.8, 4) is 0 Å². The van der Waals surface area contributed by atoms with Gasteiger partial charge >= 0.3 is 5.97 Å². The van der Waals surface area contributed by atoms with Crippen LogP contribution in [0.15, 0.2) is 12.7 Å². The van der Waals surface area contributed by atoms with Crippen LogP contribution in [0.5, 0.6) is 0 Å². The summed E-state index contributed by atoms with van der Waals surface area (Å²) >= 11 is 1.67. The number of fused-ring (bicyclic) bond motifs is 1. The van der Waals surface area contributed by atoms with Crippen LogP contribution in [0.25, 0.3) is 0 Å². The van der Waals surface area contributed by atoms with Gasteiger partial charge in [0.05, 0.1) is 35.8 Å². The molecule has 1 spiro atoms. The molecule has 35 heavy (non-hydrogen) atoms. The molecule has 0 aromatic rings. The summed E-state index contributed by atoms with van der Waals surface area (Å²) in [5.74, 6) is -1.36. The van der Waals surface area contributed by atoms with Crippen LogP contribution in [0.3, 0.4) is 0 Å². The molecule has 6 atom stereocenters. The van der Waals surface area contributed by atoms with Crippen molar-refractivity contribution >= 4 is 29.5 Å². The van der Waals surface area contributed by atoms with Crippen LogP contribution >= 0.6 is 11.8 Å². The van der Waals surface area contributed by atoms with E-state index in [1.807, 2.05) is 4.90 Å². The number of rotatable bonds is 10. The second-order valence-corrected chi connectivity index (χ2v) is 12.7. The number of hydrogen-bond acceptors (Lipinski definition) is 6. The fourth-order valence-corrected chi connectivity index (χ4v) is 9.39. The lowest BCUT2D eigenvalue weighted by Crippen LogP contribution is -2.59. The largest absolute Gasteiger partial charge is 0.466 e. The third-order valence-electron chi connectivity index (χ3n) is 8.50. The predicted molar refractivity (Wildman–Crippen MR) is 137 cm³/mol. The van der Waals surface area contributed by atoms with Crippen LogP contribution in [0.1, 0.15) is 72.1 Å². The van der Waals surface area contributed by atoms with E-state index in [9.17, 15) is 19.5 Å². The van der Waals surface area contributed by atoms with E-state index < -0.39 is 28.7 Å². The molecule has 1 saturated carbocycles. The van der Waals surface area contributed by atoms with Crippen molar-refractivity contribution in [2.75, 3.05) is 19.8 Å². The normalized spacial score (nSPS) is 33.2. The van der Waals surface area contributed by atoms with Gasteiger partial charge in [-0.3, -0.25) is 14.4 Å². The van der Waals surface area contributed by atoms with Gasteiger partial charge in [-0.2, -0.15) is 0 Å². The molecule has 0 aromatic carbocycles. The number of carbonyl (C=O) groups is 3. The van der Waals surface area contributed by atoms with Crippen molar-refractivity contribution < 1.29 is 24.2 Å². The maximum Gasteiger partial charge on any atom is 0.310 e. The van der Waals surface area contributed by atoms with Gasteiger partial charge in [-0.25, -0.2) is 0 Å². The van der Waals surface area contributed by atoms with Crippen LogP contribution in [0, 0.1) is 17.8 Å². The van der Waals surface area contributed by atoms with Gasteiger partial charge in [0.2, 0.25) is 11.8 Å². The average Bonchev–Trinajstić information content (AvgIpc) is 3.48. The summed E-state index contributed by atoms with van der Waals surface area (Å²) in [6.07, 6.45) is 9.23. The summed E-state index contributed by atoms with van der Waals surface area (Å²) in [5.41, 5.74) is 0. The highest BCUT2D eigenvalue weighted by Crippen LogP contribution is 2.67. The van der Waals surface area contributed by atoms with Gasteiger partial charge < -0.3 is 19.6 Å². The molecule has 2 unspecified atom stereocenters. The molecule has 4 aliphatic rings. The number of esters is 1. The van der Waals surface area contributed by atoms with E-state index in [-0.39, 0.29) is 48.2 Å². The second kappa shape index (κ2) is 10.8. The third kappa shape index (κ3) is 4.54. The molecule has 3 aliphatic heterocycles. The molecule has 196 valence electrons. The number of nitrogens with zero attached hydrogens (tertiary/aromatic N) is 2. The molecular weight excluding hydrogens is 464 g/mol. The number of thioether (sulfide) groups is 1. The topological polar surface area (TPSA) is 87.2 Å². The molecule has 4 fully saturated rings. The van der Waals surface area contributed by atoms with Gasteiger partial charge in [0.1, 0.15) is 6.04 Å². The van der Waals surface area contributed by atoms with Gasteiger partial charge in [-0.1, -0.05) is 39.2 Å². The molecule has 3 saturated heterocycles. The Morgan fingerprint density at radius 3 is 2.60 bits per heavy atom. The molecule has 7 nitrogen and oxygen atoms in total. The maximum absolute atomic E-state index is 14.5. The highest BCUT2D eigenvalue weighted by molar-refractivity contribution is 8.02. The molecule has 2 bridgehead atoms. The van der Waals surface area contributed by atoms with Crippen molar-refractivity contribution in [1.82, 2.24) is 9.80 Å². The zero-order valence-corrected chi connectivity index (χ0v) is 22.3. The first-order chi connectivity index (χ1) is 16.8. The van der Waals surface area contributed by atoms with E-state index in [1.54, 1.807) is 29.7 Å². The molecule has 8 heteroatoms. The maximum atomic E-state index is 14.5. The Labute approximate surface area is 214 Å². The van der Waals surface area contributed by atoms with E-state index in [4.69, 9.17) is 4.74 Å². The molecular formula is C27H42N2O5S. The Bertz CT molecular complexity index is 828. The lowest BCUT2D eigenvalue weighted by atomic mass is 9.71. The first-order valence-electron chi connectivity index (χ1n) is 13.5. The Morgan fingerprint density at radius 1 is 1.29 bits per heavy atom. The molecule has 0 aromatic heterocycles. The molecule has 1 aliphatic carbocycles. The monoisotopic (exact) mass is 506 g/mol. The standard InChI is InChI=1S/C27H42N2O5S/c1-5-14-28(18-10-8-7-9-11-18)25(32)23-27-13-12-20(35-27)21(26(33)34-6-2)22(27)24(31)29(23)19(16-30)15-17(3)4/h5,17-23,30H,1,6-16H2,2-4H3/t19-,20+,21-,22+,23?,27?/m1/s1. The number of ether oxygens (including phenoxy) is 1. The minimum Gasteiger partial charge on any atom is -0.466 e. The summed E-state index contributed by atoms with van der Waals surface area (Å²) in [4.78, 5) is 45.3. The molecule has 3 heterocycles. The first kappa shape index (κ1) is 26.5. The summed E-state index contributed by atoms with van der Waals surface area (Å²) in [5, 5.41) is 10.4. The minimum absolute atomic E-state index is 0.000611. The summed E-state index contributed by atoms with van der Waals surface area (Å²) in [7, 11) is 0. The van der Waals surface area contributed by atoms with Crippen molar-refractivity contribution in [1.29, 1.82) is 0 Å². The summed E-state index contributed by atoms with van der Waals surface area (Å²) in [6, 6.07) is -0.980. The van der Waals surface area contributed by atoms with Gasteiger partial charge in [0.25, 0.3) is 0 Å². The van der Waals surface area contributed by atoms with Crippen LogP contribution in [-0.2, 0) is 19.1 Å². The van der Waals surface area contributed by atoms with Crippen molar-refractivity contribution in [3.63, 3.8) is 0 Å². The van der Waals surface area contributed by atoms with Crippen LogP contribution in [0.2, 0.25) is 0 Å². The van der Waals surface area contributed by atoms with Gasteiger partial charge in [-0.15, -0.1) is 18.3 Å². The Kier molecular flexibility index (Phi) is 8.21. The first-order valence-corrected chi connectivity index (χ1v) is 14.4. The van der Waals surface area contributed by atoms with Crippen molar-refractivity contribution in [3.05, 3.63) is 12.7 Å². The zero-order valence-electron chi connectivity index (χ0n) is 21.5. The van der Waals surface area contributed by atoms with Crippen molar-refractivity contribution in [2.45, 2.75) is 100 Å². The Morgan fingerprint density at radius 2 is 2.00 bits per heavy atom. The number of aliphatic hydroxyl groups is 1. The van der Waals surface area contributed by atoms with E-state index in [0.717, 1.165) is 38.5 Å². The van der Waals surface area contributed by atoms with Gasteiger partial charge in [-0.05, 0) is 44.9 Å². The number of carbonyl (C=O) groups excluding carboxylic acids is 3. The average molecular weight is 507 g/mol. The van der Waals surface area contributed by atoms with E-state index >= 15 is 0 Å². The fraction of sp³-hybridized carbons (Fsp3) is 0.815. The number of aliphatic hydroxyl groups excluding tert-OH is 1. The highest BCUT2D eigenvalue weighted by atomic mass is 32.2. The van der Waals surface area contributed by atoms with Crippen LogP contribution in [-0.4, -0.2) is 80.6 Å². The lowest BCUT2D eigenvalue weighted by molar-refractivity contribution is -0.154. The number of hydrogen-bond donors (Lipinski definition) is 1. The SMILES string of the molecule is C=CCN(C(=O)C1N([C@@H](CO)CC(C)C)C(=O)[C@@H]2[C@H](C(=O)OCC)[C@@H]3CCC12S3)C1CCCCC1. The second-order valence-electron chi connectivity index (χ2n) is 11.1. The van der Waals surface area contributed by atoms with Crippen molar-refractivity contribution in [2.24, 2.45) is 17.8 Å². The Hall–Kier alpha value is -1.54. The fourth-order valence-electron chi connectivity index (χ4n) is 7.20. The lowest BCUT2D eigenvalue weighted by Gasteiger charge is -2.42. The molecule has 1 N–H and O–H groups in total. The zero-order chi connectivity index (χ0) is 25.3. The highest BCUT2D eigenvalue weighted by Gasteiger charge is 2.74. The molecule has 0 radical (unpaired) electrons. The minimum atomic E-state index is -0.674.